The third kappa shape index (κ3) is 3.56. The van der Waals surface area contributed by atoms with Crippen LogP contribution in [0.2, 0.25) is 10.0 Å². The van der Waals surface area contributed by atoms with Gasteiger partial charge in [0.25, 0.3) is 10.0 Å². The zero-order chi connectivity index (χ0) is 14.0. The molecule has 0 saturated carbocycles. The SMILES string of the molecule is CCc1nnc(NS(=O)(=O)c2cc(Cl)cc(Cl)c2)s1. The monoisotopic (exact) mass is 337 g/mol. The lowest BCUT2D eigenvalue weighted by atomic mass is 10.4. The molecule has 1 N–H and O–H groups in total. The first-order valence-corrected chi connectivity index (χ1v) is 8.27. The summed E-state index contributed by atoms with van der Waals surface area (Å²) < 4.78 is 26.6. The summed E-state index contributed by atoms with van der Waals surface area (Å²) in [6, 6.07) is 4.09. The molecule has 1 heterocycles. The van der Waals surface area contributed by atoms with Crippen LogP contribution in [-0.4, -0.2) is 18.6 Å². The largest absolute Gasteiger partial charge is 0.263 e. The fourth-order valence-corrected chi connectivity index (χ4v) is 3.93. The van der Waals surface area contributed by atoms with Gasteiger partial charge in [-0.15, -0.1) is 10.2 Å². The maximum absolute atomic E-state index is 12.1. The summed E-state index contributed by atoms with van der Waals surface area (Å²) in [4.78, 5) is -0.0155. The zero-order valence-electron chi connectivity index (χ0n) is 9.72. The fraction of sp³-hybridized carbons (Fsp3) is 0.200. The third-order valence-corrected chi connectivity index (χ3v) is 5.00. The van der Waals surface area contributed by atoms with Gasteiger partial charge in [0.1, 0.15) is 5.01 Å². The molecule has 0 bridgehead atoms. The highest BCUT2D eigenvalue weighted by Crippen LogP contribution is 2.25. The van der Waals surface area contributed by atoms with Gasteiger partial charge in [0.2, 0.25) is 5.13 Å². The number of benzene rings is 1. The molecule has 2 rings (SSSR count). The van der Waals surface area contributed by atoms with E-state index in [1.807, 2.05) is 6.92 Å². The van der Waals surface area contributed by atoms with Gasteiger partial charge in [0.05, 0.1) is 4.90 Å². The van der Waals surface area contributed by atoms with Crippen LogP contribution in [0.25, 0.3) is 0 Å². The van der Waals surface area contributed by atoms with Gasteiger partial charge in [0, 0.05) is 10.0 Å². The predicted octanol–water partition coefficient (Wildman–Crippen LogP) is 3.21. The summed E-state index contributed by atoms with van der Waals surface area (Å²) in [6.07, 6.45) is 0.697. The average molecular weight is 338 g/mol. The van der Waals surface area contributed by atoms with Crippen molar-refractivity contribution in [2.24, 2.45) is 0 Å². The highest BCUT2D eigenvalue weighted by molar-refractivity contribution is 7.93. The Morgan fingerprint density at radius 2 is 1.84 bits per heavy atom. The molecule has 0 radical (unpaired) electrons. The van der Waals surface area contributed by atoms with Gasteiger partial charge in [-0.05, 0) is 24.6 Å². The van der Waals surface area contributed by atoms with E-state index in [2.05, 4.69) is 14.9 Å². The van der Waals surface area contributed by atoms with Crippen LogP contribution in [0.3, 0.4) is 0 Å². The quantitative estimate of drug-likeness (QED) is 0.929. The first-order valence-electron chi connectivity index (χ1n) is 5.22. The standard InChI is InChI=1S/C10H9Cl2N3O2S2/c1-2-9-13-14-10(18-9)15-19(16,17)8-4-6(11)3-7(12)5-8/h3-5H,2H2,1H3,(H,14,15). The third-order valence-electron chi connectivity index (χ3n) is 2.14. The van der Waals surface area contributed by atoms with Crippen molar-refractivity contribution in [3.63, 3.8) is 0 Å². The van der Waals surface area contributed by atoms with Crippen LogP contribution < -0.4 is 4.72 Å². The molecule has 0 fully saturated rings. The number of hydrogen-bond donors (Lipinski definition) is 1. The van der Waals surface area contributed by atoms with E-state index in [0.29, 0.717) is 6.42 Å². The number of nitrogens with one attached hydrogen (secondary N) is 1. The Morgan fingerprint density at radius 1 is 1.21 bits per heavy atom. The predicted molar refractivity (Wildman–Crippen MR) is 76.6 cm³/mol. The van der Waals surface area contributed by atoms with Crippen molar-refractivity contribution >= 4 is 49.7 Å². The Kier molecular flexibility index (Phi) is 4.29. The van der Waals surface area contributed by atoms with Gasteiger partial charge in [-0.25, -0.2) is 8.42 Å². The molecule has 0 aliphatic carbocycles. The molecule has 1 aromatic heterocycles. The summed E-state index contributed by atoms with van der Waals surface area (Å²) in [5.74, 6) is 0. The number of anilines is 1. The topological polar surface area (TPSA) is 72.0 Å². The summed E-state index contributed by atoms with van der Waals surface area (Å²) in [5.41, 5.74) is 0. The normalized spacial score (nSPS) is 11.5. The summed E-state index contributed by atoms with van der Waals surface area (Å²) >= 11 is 12.8. The minimum Gasteiger partial charge on any atom is -0.253 e. The first kappa shape index (κ1) is 14.5. The van der Waals surface area contributed by atoms with Crippen molar-refractivity contribution < 1.29 is 8.42 Å². The molecule has 0 aliphatic heterocycles. The smallest absolute Gasteiger partial charge is 0.253 e. The van der Waals surface area contributed by atoms with Crippen LogP contribution in [0.4, 0.5) is 5.13 Å². The maximum atomic E-state index is 12.1. The lowest BCUT2D eigenvalue weighted by Gasteiger charge is -2.05. The summed E-state index contributed by atoms with van der Waals surface area (Å²) in [7, 11) is -3.76. The molecule has 102 valence electrons. The highest BCUT2D eigenvalue weighted by Gasteiger charge is 2.18. The van der Waals surface area contributed by atoms with E-state index in [0.717, 1.165) is 5.01 Å². The van der Waals surface area contributed by atoms with Gasteiger partial charge < -0.3 is 0 Å². The molecule has 0 aliphatic rings. The lowest BCUT2D eigenvalue weighted by Crippen LogP contribution is -2.12. The zero-order valence-corrected chi connectivity index (χ0v) is 12.9. The van der Waals surface area contributed by atoms with Gasteiger partial charge in [0.15, 0.2) is 0 Å². The molecule has 5 nitrogen and oxygen atoms in total. The average Bonchev–Trinajstić information content (AvgIpc) is 2.74. The molecule has 0 atom stereocenters. The van der Waals surface area contributed by atoms with Crippen molar-refractivity contribution in [1.29, 1.82) is 0 Å². The van der Waals surface area contributed by atoms with Crippen molar-refractivity contribution in [2.75, 3.05) is 4.72 Å². The number of hydrogen-bond acceptors (Lipinski definition) is 5. The second-order valence-electron chi connectivity index (χ2n) is 3.57. The van der Waals surface area contributed by atoms with Crippen molar-refractivity contribution in [3.8, 4) is 0 Å². The van der Waals surface area contributed by atoms with Crippen LogP contribution >= 0.6 is 34.5 Å². The number of aryl methyl sites for hydroxylation is 1. The maximum Gasteiger partial charge on any atom is 0.263 e. The van der Waals surface area contributed by atoms with Crippen LogP contribution in [0, 0.1) is 0 Å². The van der Waals surface area contributed by atoms with E-state index in [9.17, 15) is 8.42 Å². The second kappa shape index (κ2) is 5.62. The highest BCUT2D eigenvalue weighted by atomic mass is 35.5. The van der Waals surface area contributed by atoms with Crippen molar-refractivity contribution in [2.45, 2.75) is 18.2 Å². The van der Waals surface area contributed by atoms with Crippen LogP contribution in [0.5, 0.6) is 0 Å². The molecular formula is C10H9Cl2N3O2S2. The van der Waals surface area contributed by atoms with Crippen LogP contribution in [0.15, 0.2) is 23.1 Å². The molecule has 0 saturated heterocycles. The Hall–Kier alpha value is -0.890. The Morgan fingerprint density at radius 3 is 2.37 bits per heavy atom. The molecular weight excluding hydrogens is 329 g/mol. The Balaban J connectivity index is 2.31. The molecule has 0 unspecified atom stereocenters. The van der Waals surface area contributed by atoms with Crippen LogP contribution in [0.1, 0.15) is 11.9 Å². The van der Waals surface area contributed by atoms with E-state index in [4.69, 9.17) is 23.2 Å². The van der Waals surface area contributed by atoms with E-state index < -0.39 is 10.0 Å². The fourth-order valence-electron chi connectivity index (χ4n) is 1.30. The van der Waals surface area contributed by atoms with Gasteiger partial charge >= 0.3 is 0 Å². The van der Waals surface area contributed by atoms with Gasteiger partial charge in [-0.2, -0.15) is 0 Å². The van der Waals surface area contributed by atoms with E-state index in [-0.39, 0.29) is 20.1 Å². The van der Waals surface area contributed by atoms with Gasteiger partial charge in [-0.1, -0.05) is 41.5 Å². The summed E-state index contributed by atoms with van der Waals surface area (Å²) in [5, 5.41) is 9.06. The molecule has 1 aromatic carbocycles. The molecule has 0 spiro atoms. The van der Waals surface area contributed by atoms with E-state index in [1.54, 1.807) is 0 Å². The van der Waals surface area contributed by atoms with E-state index in [1.165, 1.54) is 29.5 Å². The number of nitrogens with zero attached hydrogens (tertiary/aromatic N) is 2. The summed E-state index contributed by atoms with van der Waals surface area (Å²) in [6.45, 7) is 1.91. The molecule has 19 heavy (non-hydrogen) atoms. The molecule has 0 amide bonds. The number of rotatable bonds is 4. The molecule has 9 heteroatoms. The van der Waals surface area contributed by atoms with Crippen LogP contribution in [-0.2, 0) is 16.4 Å². The van der Waals surface area contributed by atoms with Gasteiger partial charge in [-0.3, -0.25) is 4.72 Å². The number of aromatic nitrogens is 2. The lowest BCUT2D eigenvalue weighted by molar-refractivity contribution is 0.601. The van der Waals surface area contributed by atoms with Crippen molar-refractivity contribution in [3.05, 3.63) is 33.3 Å². The second-order valence-corrected chi connectivity index (χ2v) is 7.18. The number of halogens is 2. The minimum absolute atomic E-state index is 0.0155. The Bertz CT molecular complexity index is 680. The van der Waals surface area contributed by atoms with Crippen molar-refractivity contribution in [1.82, 2.24) is 10.2 Å². The first-order chi connectivity index (χ1) is 8.90. The number of sulfonamides is 1. The Labute approximate surface area is 124 Å². The minimum atomic E-state index is -3.76. The van der Waals surface area contributed by atoms with E-state index >= 15 is 0 Å². The molecule has 2 aromatic rings.